The van der Waals surface area contributed by atoms with Gasteiger partial charge in [0.15, 0.2) is 6.29 Å². The quantitative estimate of drug-likeness (QED) is 0.580. The van der Waals surface area contributed by atoms with E-state index in [1.54, 1.807) is 19.2 Å². The third-order valence-corrected chi connectivity index (χ3v) is 6.44. The van der Waals surface area contributed by atoms with Crippen LogP contribution >= 0.6 is 0 Å². The lowest BCUT2D eigenvalue weighted by molar-refractivity contribution is -0.105. The summed E-state index contributed by atoms with van der Waals surface area (Å²) in [7, 11) is 1.55. The highest BCUT2D eigenvalue weighted by Gasteiger charge is 2.35. The number of nitrogens with one attached hydrogen (secondary N) is 2. The lowest BCUT2D eigenvalue weighted by Gasteiger charge is -2.28. The molecule has 1 unspecified atom stereocenters. The van der Waals surface area contributed by atoms with E-state index in [0.717, 1.165) is 35.8 Å². The first-order valence-corrected chi connectivity index (χ1v) is 11.0. The standard InChI is InChI=1S/C25H30N4O3/c1-16-13-17(23-21(15-30)24(26)29(28-23)19-7-3-4-8-19)11-12-18(16)14-27-25(31)20-9-5-6-10-22(20)32-2/h5-6,9-13,15,19,23,28H,3-4,7-8,14,26H2,1-2H3,(H,27,31). The number of hydrogen-bond acceptors (Lipinski definition) is 6. The monoisotopic (exact) mass is 434 g/mol. The number of carbonyl (C=O) groups is 2. The van der Waals surface area contributed by atoms with Crippen molar-refractivity contribution in [1.82, 2.24) is 15.8 Å². The minimum atomic E-state index is -0.260. The zero-order valence-corrected chi connectivity index (χ0v) is 18.6. The fourth-order valence-electron chi connectivity index (χ4n) is 4.61. The van der Waals surface area contributed by atoms with Gasteiger partial charge in [0, 0.05) is 12.6 Å². The molecule has 1 aliphatic carbocycles. The summed E-state index contributed by atoms with van der Waals surface area (Å²) in [6.07, 6.45) is 5.39. The van der Waals surface area contributed by atoms with Crippen molar-refractivity contribution in [3.63, 3.8) is 0 Å². The number of hydrogen-bond donors (Lipinski definition) is 3. The number of amides is 1. The first-order chi connectivity index (χ1) is 15.5. The summed E-state index contributed by atoms with van der Waals surface area (Å²) in [5, 5.41) is 4.95. The third kappa shape index (κ3) is 4.21. The minimum absolute atomic E-state index is 0.186. The van der Waals surface area contributed by atoms with E-state index in [2.05, 4.69) is 16.8 Å². The van der Waals surface area contributed by atoms with E-state index in [-0.39, 0.29) is 11.9 Å². The molecule has 2 aromatic rings. The number of ether oxygens (including phenoxy) is 1. The first kappa shape index (κ1) is 21.9. The van der Waals surface area contributed by atoms with Crippen molar-refractivity contribution in [2.24, 2.45) is 5.73 Å². The number of nitrogens with two attached hydrogens (primary N) is 1. The molecular weight excluding hydrogens is 404 g/mol. The van der Waals surface area contributed by atoms with Crippen LogP contribution in [0.3, 0.4) is 0 Å². The molecule has 1 saturated carbocycles. The molecule has 0 spiro atoms. The Bertz CT molecular complexity index is 1040. The van der Waals surface area contributed by atoms with Crippen molar-refractivity contribution in [3.05, 3.63) is 76.1 Å². The van der Waals surface area contributed by atoms with E-state index in [9.17, 15) is 9.59 Å². The zero-order valence-electron chi connectivity index (χ0n) is 18.6. The molecule has 4 rings (SSSR count). The molecule has 4 N–H and O–H groups in total. The molecule has 0 bridgehead atoms. The third-order valence-electron chi connectivity index (χ3n) is 6.44. The van der Waals surface area contributed by atoms with Crippen LogP contribution < -0.4 is 21.2 Å². The van der Waals surface area contributed by atoms with Gasteiger partial charge >= 0.3 is 0 Å². The molecule has 168 valence electrons. The number of hydrazine groups is 1. The van der Waals surface area contributed by atoms with E-state index in [1.807, 2.05) is 36.2 Å². The Hall–Kier alpha value is -3.32. The predicted octanol–water partition coefficient (Wildman–Crippen LogP) is 3.11. The first-order valence-electron chi connectivity index (χ1n) is 11.0. The maximum atomic E-state index is 12.6. The average molecular weight is 435 g/mol. The number of methoxy groups -OCH3 is 1. The highest BCUT2D eigenvalue weighted by Crippen LogP contribution is 2.34. The fourth-order valence-corrected chi connectivity index (χ4v) is 4.61. The second-order valence-corrected chi connectivity index (χ2v) is 8.40. The Balaban J connectivity index is 1.47. The van der Waals surface area contributed by atoms with Gasteiger partial charge in [-0.05, 0) is 48.6 Å². The lowest BCUT2D eigenvalue weighted by atomic mass is 9.96. The van der Waals surface area contributed by atoms with E-state index in [0.29, 0.717) is 35.3 Å². The molecule has 1 heterocycles. The highest BCUT2D eigenvalue weighted by atomic mass is 16.5. The molecule has 1 aliphatic heterocycles. The van der Waals surface area contributed by atoms with Crippen LogP contribution in [-0.4, -0.2) is 30.4 Å². The molecule has 32 heavy (non-hydrogen) atoms. The Morgan fingerprint density at radius 1 is 1.25 bits per heavy atom. The minimum Gasteiger partial charge on any atom is -0.496 e. The Morgan fingerprint density at radius 3 is 2.69 bits per heavy atom. The van der Waals surface area contributed by atoms with Gasteiger partial charge in [0.25, 0.3) is 5.91 Å². The topological polar surface area (TPSA) is 96.7 Å². The Morgan fingerprint density at radius 2 is 2.00 bits per heavy atom. The molecule has 0 aromatic heterocycles. The second kappa shape index (κ2) is 9.44. The van der Waals surface area contributed by atoms with E-state index >= 15 is 0 Å². The Kier molecular flexibility index (Phi) is 6.46. The number of aryl methyl sites for hydroxylation is 1. The fraction of sp³-hybridized carbons (Fsp3) is 0.360. The van der Waals surface area contributed by atoms with Crippen LogP contribution in [-0.2, 0) is 11.3 Å². The average Bonchev–Trinajstić information content (AvgIpc) is 3.45. The van der Waals surface area contributed by atoms with Crippen molar-refractivity contribution < 1.29 is 14.3 Å². The summed E-state index contributed by atoms with van der Waals surface area (Å²) in [4.78, 5) is 24.4. The van der Waals surface area contributed by atoms with Gasteiger partial charge in [-0.3, -0.25) is 14.6 Å². The summed E-state index contributed by atoms with van der Waals surface area (Å²) in [5.74, 6) is 0.888. The van der Waals surface area contributed by atoms with Crippen molar-refractivity contribution in [2.45, 2.75) is 51.2 Å². The van der Waals surface area contributed by atoms with Crippen LogP contribution in [0.5, 0.6) is 5.75 Å². The predicted molar refractivity (Wildman–Crippen MR) is 123 cm³/mol. The molecule has 7 heteroatoms. The number of carbonyl (C=O) groups excluding carboxylic acids is 2. The van der Waals surface area contributed by atoms with Crippen molar-refractivity contribution >= 4 is 12.2 Å². The maximum absolute atomic E-state index is 12.6. The van der Waals surface area contributed by atoms with Gasteiger partial charge in [-0.25, -0.2) is 5.43 Å². The lowest BCUT2D eigenvalue weighted by Crippen LogP contribution is -2.42. The number of para-hydroxylation sites is 1. The van der Waals surface area contributed by atoms with E-state index in [1.165, 1.54) is 12.8 Å². The molecule has 1 amide bonds. The van der Waals surface area contributed by atoms with Crippen LogP contribution in [0.1, 0.15) is 58.8 Å². The smallest absolute Gasteiger partial charge is 0.255 e. The van der Waals surface area contributed by atoms with Crippen LogP contribution in [0.2, 0.25) is 0 Å². The number of aldehydes is 1. The maximum Gasteiger partial charge on any atom is 0.255 e. The van der Waals surface area contributed by atoms with Crippen LogP contribution in [0.4, 0.5) is 0 Å². The largest absolute Gasteiger partial charge is 0.496 e. The summed E-state index contributed by atoms with van der Waals surface area (Å²) in [5.41, 5.74) is 13.9. The van der Waals surface area contributed by atoms with Gasteiger partial charge in [-0.1, -0.05) is 43.2 Å². The van der Waals surface area contributed by atoms with Gasteiger partial charge in [0.2, 0.25) is 0 Å². The molecule has 1 fully saturated rings. The van der Waals surface area contributed by atoms with Gasteiger partial charge in [0.05, 0.1) is 24.3 Å². The summed E-state index contributed by atoms with van der Waals surface area (Å²) in [6.45, 7) is 2.40. The molecule has 7 nitrogen and oxygen atoms in total. The molecule has 2 aliphatic rings. The summed E-state index contributed by atoms with van der Waals surface area (Å²) in [6, 6.07) is 13.3. The molecular formula is C25H30N4O3. The summed E-state index contributed by atoms with van der Waals surface area (Å²) >= 11 is 0. The van der Waals surface area contributed by atoms with Crippen molar-refractivity contribution in [1.29, 1.82) is 0 Å². The molecule has 0 radical (unpaired) electrons. The van der Waals surface area contributed by atoms with Crippen LogP contribution in [0.25, 0.3) is 0 Å². The van der Waals surface area contributed by atoms with Gasteiger partial charge in [-0.2, -0.15) is 0 Å². The number of nitrogens with zero attached hydrogens (tertiary/aromatic N) is 1. The SMILES string of the molecule is COc1ccccc1C(=O)NCc1ccc(C2NN(C3CCCC3)C(N)=C2C=O)cc1C. The summed E-state index contributed by atoms with van der Waals surface area (Å²) < 4.78 is 5.27. The van der Waals surface area contributed by atoms with Crippen LogP contribution in [0, 0.1) is 6.92 Å². The van der Waals surface area contributed by atoms with E-state index in [4.69, 9.17) is 10.5 Å². The van der Waals surface area contributed by atoms with Crippen LogP contribution in [0.15, 0.2) is 53.9 Å². The number of rotatable bonds is 7. The van der Waals surface area contributed by atoms with Crippen molar-refractivity contribution in [2.75, 3.05) is 7.11 Å². The molecule has 1 atom stereocenters. The van der Waals surface area contributed by atoms with Gasteiger partial charge < -0.3 is 15.8 Å². The van der Waals surface area contributed by atoms with Crippen molar-refractivity contribution in [3.8, 4) is 5.75 Å². The molecule has 2 aromatic carbocycles. The highest BCUT2D eigenvalue weighted by molar-refractivity contribution is 5.96. The zero-order chi connectivity index (χ0) is 22.7. The molecule has 0 saturated heterocycles. The van der Waals surface area contributed by atoms with Gasteiger partial charge in [0.1, 0.15) is 11.6 Å². The Labute approximate surface area is 188 Å². The van der Waals surface area contributed by atoms with Gasteiger partial charge in [-0.15, -0.1) is 0 Å². The normalized spacial score (nSPS) is 18.8. The van der Waals surface area contributed by atoms with E-state index < -0.39 is 0 Å². The second-order valence-electron chi connectivity index (χ2n) is 8.40. The number of benzene rings is 2.